The van der Waals surface area contributed by atoms with Crippen LogP contribution in [0.3, 0.4) is 0 Å². The van der Waals surface area contributed by atoms with Crippen LogP contribution in [0.1, 0.15) is 52.4 Å². The molecule has 2 atom stereocenters. The van der Waals surface area contributed by atoms with Crippen molar-refractivity contribution in [3.63, 3.8) is 0 Å². The lowest BCUT2D eigenvalue weighted by Gasteiger charge is -2.29. The van der Waals surface area contributed by atoms with Crippen molar-refractivity contribution in [2.75, 3.05) is 26.2 Å². The zero-order chi connectivity index (χ0) is 15.3. The number of rotatable bonds is 10. The molecule has 1 saturated carbocycles. The maximum Gasteiger partial charge on any atom is 0.323 e. The number of nitrogens with zero attached hydrogens (tertiary/aromatic N) is 1. The molecule has 0 bridgehead atoms. The monoisotopic (exact) mass is 298 g/mol. The molecule has 2 aliphatic rings. The summed E-state index contributed by atoms with van der Waals surface area (Å²) in [4.78, 5) is 13.9. The van der Waals surface area contributed by atoms with Gasteiger partial charge >= 0.3 is 5.97 Å². The molecule has 5 heteroatoms. The summed E-state index contributed by atoms with van der Waals surface area (Å²) in [6, 6.07) is 0.417. The van der Waals surface area contributed by atoms with Gasteiger partial charge in [-0.2, -0.15) is 0 Å². The highest BCUT2D eigenvalue weighted by molar-refractivity contribution is 5.78. The smallest absolute Gasteiger partial charge is 0.323 e. The van der Waals surface area contributed by atoms with Crippen LogP contribution in [0, 0.1) is 0 Å². The number of carboxylic acid groups (broad SMARTS) is 1. The third-order valence-corrected chi connectivity index (χ3v) is 4.66. The van der Waals surface area contributed by atoms with Crippen molar-refractivity contribution in [1.82, 2.24) is 10.2 Å². The standard InChI is InChI=1S/C16H30N2O3/c1-3-18(12-14-6-4-11-21-14)10-5-9-16(2,15(19)20)17-13-7-8-13/h13-14,17H,3-12H2,1-2H3,(H,19,20). The Morgan fingerprint density at radius 2 is 2.19 bits per heavy atom. The fourth-order valence-corrected chi connectivity index (χ4v) is 3.03. The molecular formula is C16H30N2O3. The number of hydrogen-bond acceptors (Lipinski definition) is 4. The maximum atomic E-state index is 11.5. The summed E-state index contributed by atoms with van der Waals surface area (Å²) >= 11 is 0. The number of nitrogens with one attached hydrogen (secondary N) is 1. The van der Waals surface area contributed by atoms with Crippen LogP contribution in [-0.4, -0.2) is 59.9 Å². The molecule has 0 amide bonds. The van der Waals surface area contributed by atoms with Gasteiger partial charge in [-0.15, -0.1) is 0 Å². The summed E-state index contributed by atoms with van der Waals surface area (Å²) in [6.07, 6.45) is 6.52. The lowest BCUT2D eigenvalue weighted by Crippen LogP contribution is -2.51. The molecule has 0 aromatic rings. The number of aliphatic carboxylic acids is 1. The summed E-state index contributed by atoms with van der Waals surface area (Å²) in [5, 5.41) is 12.8. The minimum atomic E-state index is -0.773. The number of likely N-dealkylation sites (N-methyl/N-ethyl adjacent to an activating group) is 1. The van der Waals surface area contributed by atoms with Crippen molar-refractivity contribution in [2.45, 2.75) is 70.1 Å². The average Bonchev–Trinajstić information content (AvgIpc) is 3.10. The molecule has 2 fully saturated rings. The second-order valence-corrected chi connectivity index (χ2v) is 6.69. The molecule has 0 radical (unpaired) electrons. The van der Waals surface area contributed by atoms with E-state index in [4.69, 9.17) is 4.74 Å². The first-order valence-electron chi connectivity index (χ1n) is 8.38. The molecule has 21 heavy (non-hydrogen) atoms. The van der Waals surface area contributed by atoms with E-state index in [1.54, 1.807) is 0 Å². The van der Waals surface area contributed by atoms with Gasteiger partial charge in [0.05, 0.1) is 6.10 Å². The lowest BCUT2D eigenvalue weighted by atomic mass is 9.95. The van der Waals surface area contributed by atoms with E-state index in [0.29, 0.717) is 18.6 Å². The van der Waals surface area contributed by atoms with Crippen LogP contribution in [0.2, 0.25) is 0 Å². The minimum Gasteiger partial charge on any atom is -0.480 e. The Kier molecular flexibility index (Phi) is 6.02. The van der Waals surface area contributed by atoms with E-state index in [1.165, 1.54) is 6.42 Å². The molecule has 5 nitrogen and oxygen atoms in total. The van der Waals surface area contributed by atoms with Gasteiger partial charge in [-0.3, -0.25) is 10.1 Å². The van der Waals surface area contributed by atoms with Crippen LogP contribution in [0.25, 0.3) is 0 Å². The molecule has 1 aliphatic carbocycles. The second-order valence-electron chi connectivity index (χ2n) is 6.69. The summed E-state index contributed by atoms with van der Waals surface area (Å²) in [7, 11) is 0. The number of carbonyl (C=O) groups is 1. The number of hydrogen-bond donors (Lipinski definition) is 2. The molecular weight excluding hydrogens is 268 g/mol. The van der Waals surface area contributed by atoms with Crippen molar-refractivity contribution in [1.29, 1.82) is 0 Å². The van der Waals surface area contributed by atoms with E-state index >= 15 is 0 Å². The predicted octanol–water partition coefficient (Wildman–Crippen LogP) is 1.86. The van der Waals surface area contributed by atoms with Gasteiger partial charge in [-0.1, -0.05) is 6.92 Å². The topological polar surface area (TPSA) is 61.8 Å². The van der Waals surface area contributed by atoms with Crippen molar-refractivity contribution in [3.8, 4) is 0 Å². The summed E-state index contributed by atoms with van der Waals surface area (Å²) in [5.41, 5.74) is -0.773. The Bertz CT molecular complexity index is 340. The van der Waals surface area contributed by atoms with Gasteiger partial charge in [0.1, 0.15) is 5.54 Å². The van der Waals surface area contributed by atoms with Crippen LogP contribution < -0.4 is 5.32 Å². The number of ether oxygens (including phenoxy) is 1. The molecule has 0 spiro atoms. The van der Waals surface area contributed by atoms with Gasteiger partial charge in [0.2, 0.25) is 0 Å². The van der Waals surface area contributed by atoms with E-state index in [1.807, 2.05) is 6.92 Å². The van der Waals surface area contributed by atoms with Crippen LogP contribution in [0.4, 0.5) is 0 Å². The van der Waals surface area contributed by atoms with Crippen LogP contribution >= 0.6 is 0 Å². The van der Waals surface area contributed by atoms with Gasteiger partial charge in [0, 0.05) is 19.2 Å². The largest absolute Gasteiger partial charge is 0.480 e. The molecule has 2 N–H and O–H groups in total. The molecule has 0 aromatic heterocycles. The van der Waals surface area contributed by atoms with E-state index < -0.39 is 11.5 Å². The average molecular weight is 298 g/mol. The van der Waals surface area contributed by atoms with E-state index in [9.17, 15) is 9.90 Å². The molecule has 2 rings (SSSR count). The molecule has 0 aromatic carbocycles. The van der Waals surface area contributed by atoms with Crippen LogP contribution in [-0.2, 0) is 9.53 Å². The third kappa shape index (κ3) is 5.24. The highest BCUT2D eigenvalue weighted by Crippen LogP contribution is 2.25. The summed E-state index contributed by atoms with van der Waals surface area (Å²) in [5.74, 6) is -0.725. The quantitative estimate of drug-likeness (QED) is 0.644. The SMILES string of the molecule is CCN(CCCC(C)(NC1CC1)C(=O)O)CC1CCCO1. The normalized spacial score (nSPS) is 25.2. The Morgan fingerprint density at radius 1 is 1.43 bits per heavy atom. The minimum absolute atomic E-state index is 0.375. The fraction of sp³-hybridized carbons (Fsp3) is 0.938. The number of carboxylic acids is 1. The van der Waals surface area contributed by atoms with Crippen molar-refractivity contribution in [2.24, 2.45) is 0 Å². The molecule has 1 saturated heterocycles. The van der Waals surface area contributed by atoms with E-state index in [0.717, 1.165) is 51.9 Å². The first-order valence-corrected chi connectivity index (χ1v) is 8.38. The fourth-order valence-electron chi connectivity index (χ4n) is 3.03. The highest BCUT2D eigenvalue weighted by Gasteiger charge is 2.38. The lowest BCUT2D eigenvalue weighted by molar-refractivity contribution is -0.144. The molecule has 1 heterocycles. The van der Waals surface area contributed by atoms with E-state index in [-0.39, 0.29) is 0 Å². The zero-order valence-corrected chi connectivity index (χ0v) is 13.4. The summed E-state index contributed by atoms with van der Waals surface area (Å²) in [6.45, 7) is 7.81. The van der Waals surface area contributed by atoms with E-state index in [2.05, 4.69) is 17.1 Å². The Hall–Kier alpha value is -0.650. The van der Waals surface area contributed by atoms with Crippen LogP contribution in [0.15, 0.2) is 0 Å². The Balaban J connectivity index is 1.72. The van der Waals surface area contributed by atoms with Gasteiger partial charge < -0.3 is 14.7 Å². The third-order valence-electron chi connectivity index (χ3n) is 4.66. The van der Waals surface area contributed by atoms with Gasteiger partial charge in [0.15, 0.2) is 0 Å². The first-order chi connectivity index (χ1) is 10.0. The van der Waals surface area contributed by atoms with Crippen molar-refractivity contribution >= 4 is 5.97 Å². The van der Waals surface area contributed by atoms with Crippen LogP contribution in [0.5, 0.6) is 0 Å². The highest BCUT2D eigenvalue weighted by atomic mass is 16.5. The van der Waals surface area contributed by atoms with Gasteiger partial charge in [-0.25, -0.2) is 0 Å². The van der Waals surface area contributed by atoms with Crippen molar-refractivity contribution in [3.05, 3.63) is 0 Å². The molecule has 1 aliphatic heterocycles. The predicted molar refractivity (Wildman–Crippen MR) is 82.5 cm³/mol. The zero-order valence-electron chi connectivity index (χ0n) is 13.4. The second kappa shape index (κ2) is 7.56. The summed E-state index contributed by atoms with van der Waals surface area (Å²) < 4.78 is 5.68. The maximum absolute atomic E-state index is 11.5. The van der Waals surface area contributed by atoms with Gasteiger partial charge in [-0.05, 0) is 58.5 Å². The van der Waals surface area contributed by atoms with Gasteiger partial charge in [0.25, 0.3) is 0 Å². The Labute approximate surface area is 128 Å². The first kappa shape index (κ1) is 16.7. The Morgan fingerprint density at radius 3 is 2.71 bits per heavy atom. The van der Waals surface area contributed by atoms with Crippen molar-refractivity contribution < 1.29 is 14.6 Å². The molecule has 2 unspecified atom stereocenters. The molecule has 122 valence electrons.